The van der Waals surface area contributed by atoms with Crippen molar-refractivity contribution in [1.82, 2.24) is 35.0 Å². The van der Waals surface area contributed by atoms with Crippen LogP contribution in [0.25, 0.3) is 33.8 Å². The summed E-state index contributed by atoms with van der Waals surface area (Å²) in [5.41, 5.74) is 5.57. The van der Waals surface area contributed by atoms with Gasteiger partial charge in [-0.2, -0.15) is 0 Å². The molecule has 4 aromatic carbocycles. The number of amides is 3. The predicted molar refractivity (Wildman–Crippen MR) is 227 cm³/mol. The number of likely N-dealkylation sites (tertiary alicyclic amines) is 1. The van der Waals surface area contributed by atoms with Crippen molar-refractivity contribution in [2.24, 2.45) is 0 Å². The highest BCUT2D eigenvalue weighted by atomic mass is 16.4. The van der Waals surface area contributed by atoms with E-state index in [1.807, 2.05) is 141 Å². The minimum Gasteiger partial charge on any atom is -0.436 e. The Morgan fingerprint density at radius 3 is 2.43 bits per heavy atom. The van der Waals surface area contributed by atoms with E-state index in [0.717, 1.165) is 40.6 Å². The third kappa shape index (κ3) is 8.73. The summed E-state index contributed by atoms with van der Waals surface area (Å²) in [5.74, 6) is 1.43. The second kappa shape index (κ2) is 18.0. The number of hydrogen-bond donors (Lipinski definition) is 3. The molecule has 3 N–H and O–H groups in total. The second-order valence-electron chi connectivity index (χ2n) is 15.2. The molecule has 2 aromatic heterocycles. The first-order valence-corrected chi connectivity index (χ1v) is 20.0. The van der Waals surface area contributed by atoms with Gasteiger partial charge in [-0.3, -0.25) is 19.3 Å². The lowest BCUT2D eigenvalue weighted by Crippen LogP contribution is -2.47. The van der Waals surface area contributed by atoms with Crippen molar-refractivity contribution in [3.63, 3.8) is 0 Å². The van der Waals surface area contributed by atoms with Crippen molar-refractivity contribution in [2.75, 3.05) is 39.5 Å². The van der Waals surface area contributed by atoms with E-state index < -0.39 is 12.1 Å². The number of aromatic amines is 1. The van der Waals surface area contributed by atoms with E-state index in [-0.39, 0.29) is 29.8 Å². The maximum Gasteiger partial charge on any atom is 0.247 e. The lowest BCUT2D eigenvalue weighted by molar-refractivity contribution is -0.140. The Morgan fingerprint density at radius 2 is 1.71 bits per heavy atom. The third-order valence-corrected chi connectivity index (χ3v) is 11.0. The number of oxazole rings is 1. The highest BCUT2D eigenvalue weighted by Crippen LogP contribution is 2.32. The van der Waals surface area contributed by atoms with Gasteiger partial charge in [0.2, 0.25) is 23.6 Å². The molecule has 7 rings (SSSR count). The molecule has 1 saturated heterocycles. The van der Waals surface area contributed by atoms with Gasteiger partial charge in [0, 0.05) is 35.9 Å². The third-order valence-electron chi connectivity index (χ3n) is 11.0. The minimum atomic E-state index is -0.573. The largest absolute Gasteiger partial charge is 0.436 e. The molecule has 3 heterocycles. The molecule has 0 bridgehead atoms. The maximum atomic E-state index is 13.8. The van der Waals surface area contributed by atoms with Crippen LogP contribution in [0.15, 0.2) is 114 Å². The molecule has 300 valence electrons. The van der Waals surface area contributed by atoms with Crippen molar-refractivity contribution < 1.29 is 18.8 Å². The molecule has 58 heavy (non-hydrogen) atoms. The molecule has 1 fully saturated rings. The van der Waals surface area contributed by atoms with Crippen LogP contribution in [0.1, 0.15) is 62.1 Å². The fourth-order valence-electron chi connectivity index (χ4n) is 8.04. The lowest BCUT2D eigenvalue weighted by Gasteiger charge is -2.35. The zero-order valence-corrected chi connectivity index (χ0v) is 33.8. The summed E-state index contributed by atoms with van der Waals surface area (Å²) in [7, 11) is 5.67. The Labute approximate surface area is 339 Å². The topological polar surface area (TPSA) is 140 Å². The Morgan fingerprint density at radius 1 is 0.948 bits per heavy atom. The van der Waals surface area contributed by atoms with Gasteiger partial charge in [-0.25, -0.2) is 9.97 Å². The Hall–Kier alpha value is -6.11. The quantitative estimate of drug-likeness (QED) is 0.0991. The van der Waals surface area contributed by atoms with Crippen molar-refractivity contribution in [3.05, 3.63) is 126 Å². The van der Waals surface area contributed by atoms with Crippen LogP contribution in [0.3, 0.4) is 0 Å². The monoisotopic (exact) mass is 780 g/mol. The molecular formula is C46H52N8O4. The standard InChI is InChI=1S/C46H52N8O4/c1-6-36(28-47-3)54(41(55)25-31-15-9-7-10-16-31)30(2)43-50-37-23-22-33(27-38(37)51-43)40-29-48-45(58-40)34-19-13-20-35(26-34)49-44(56)39-21-14-24-53(39)46(57)42(52(4)5)32-17-11-8-12-18-32/h7-13,15-20,22-23,26-27,29-30,36,39,42,47H,6,14,21,24-25,28H2,1-5H3,(H,49,56)(H,50,51)/t30-,36?,39-,42+/m0/s1. The molecule has 1 aliphatic heterocycles. The first-order valence-electron chi connectivity index (χ1n) is 20.0. The molecule has 3 amide bonds. The van der Waals surface area contributed by atoms with E-state index in [1.165, 1.54) is 0 Å². The number of anilines is 1. The van der Waals surface area contributed by atoms with Gasteiger partial charge in [-0.15, -0.1) is 0 Å². The molecule has 1 unspecified atom stereocenters. The van der Waals surface area contributed by atoms with E-state index in [9.17, 15) is 14.4 Å². The molecular weight excluding hydrogens is 729 g/mol. The average molecular weight is 781 g/mol. The smallest absolute Gasteiger partial charge is 0.247 e. The summed E-state index contributed by atoms with van der Waals surface area (Å²) in [6.07, 6.45) is 4.14. The van der Waals surface area contributed by atoms with E-state index in [1.54, 1.807) is 11.1 Å². The number of carbonyl (C=O) groups is 3. The van der Waals surface area contributed by atoms with Crippen molar-refractivity contribution in [1.29, 1.82) is 0 Å². The fraction of sp³-hybridized carbons (Fsp3) is 0.326. The summed E-state index contributed by atoms with van der Waals surface area (Å²) in [5, 5.41) is 6.30. The van der Waals surface area contributed by atoms with Crippen LogP contribution >= 0.6 is 0 Å². The highest BCUT2D eigenvalue weighted by Gasteiger charge is 2.38. The number of nitrogens with one attached hydrogen (secondary N) is 3. The van der Waals surface area contributed by atoms with E-state index in [0.29, 0.717) is 54.7 Å². The first kappa shape index (κ1) is 40.1. The number of likely N-dealkylation sites (N-methyl/N-ethyl adjacent to an activating group) is 2. The number of hydrogen-bond acceptors (Lipinski definition) is 8. The summed E-state index contributed by atoms with van der Waals surface area (Å²) >= 11 is 0. The molecule has 4 atom stereocenters. The van der Waals surface area contributed by atoms with Gasteiger partial charge < -0.3 is 29.8 Å². The number of aromatic nitrogens is 3. The van der Waals surface area contributed by atoms with E-state index in [2.05, 4.69) is 27.5 Å². The van der Waals surface area contributed by atoms with Crippen LogP contribution in [-0.2, 0) is 20.8 Å². The molecule has 0 saturated carbocycles. The van der Waals surface area contributed by atoms with E-state index in [4.69, 9.17) is 9.40 Å². The number of nitrogens with zero attached hydrogens (tertiary/aromatic N) is 5. The molecule has 0 radical (unpaired) electrons. The highest BCUT2D eigenvalue weighted by molar-refractivity contribution is 5.98. The van der Waals surface area contributed by atoms with Gasteiger partial charge >= 0.3 is 0 Å². The van der Waals surface area contributed by atoms with Crippen LogP contribution < -0.4 is 10.6 Å². The van der Waals surface area contributed by atoms with Gasteiger partial charge in [0.05, 0.1) is 29.7 Å². The number of fused-ring (bicyclic) bond motifs is 1. The van der Waals surface area contributed by atoms with Gasteiger partial charge in [0.1, 0.15) is 17.9 Å². The van der Waals surface area contributed by atoms with Gasteiger partial charge in [0.15, 0.2) is 5.76 Å². The number of H-pyrrole nitrogens is 1. The summed E-state index contributed by atoms with van der Waals surface area (Å²) < 4.78 is 6.28. The summed E-state index contributed by atoms with van der Waals surface area (Å²) in [6, 6.07) is 31.4. The number of imidazole rings is 1. The normalized spacial score (nSPS) is 15.7. The summed E-state index contributed by atoms with van der Waals surface area (Å²) in [4.78, 5) is 59.9. The Kier molecular flexibility index (Phi) is 12.4. The maximum absolute atomic E-state index is 13.8. The SMILES string of the molecule is CCC(CNC)N(C(=O)Cc1ccccc1)[C@@H](C)c1nc2ccc(-c3cnc(-c4cccc(NC(=O)[C@@H]5CCCN5C(=O)[C@@H](c5ccccc5)N(C)C)c4)o3)cc2[nH]1. The molecule has 6 aromatic rings. The molecule has 0 aliphatic carbocycles. The predicted octanol–water partition coefficient (Wildman–Crippen LogP) is 7.25. The minimum absolute atomic E-state index is 0.0122. The zero-order chi connectivity index (χ0) is 40.8. The Bertz CT molecular complexity index is 2340. The lowest BCUT2D eigenvalue weighted by atomic mass is 10.0. The molecule has 12 heteroatoms. The van der Waals surface area contributed by atoms with E-state index >= 15 is 0 Å². The van der Waals surface area contributed by atoms with Gasteiger partial charge in [-0.1, -0.05) is 73.7 Å². The summed E-state index contributed by atoms with van der Waals surface area (Å²) in [6.45, 7) is 5.32. The van der Waals surface area contributed by atoms with Crippen LogP contribution in [0, 0.1) is 0 Å². The average Bonchev–Trinajstić information content (AvgIpc) is 4.02. The van der Waals surface area contributed by atoms with Crippen LogP contribution in [0.2, 0.25) is 0 Å². The Balaban J connectivity index is 1.06. The number of rotatable bonds is 15. The van der Waals surface area contributed by atoms with Crippen LogP contribution in [-0.4, -0.2) is 93.7 Å². The van der Waals surface area contributed by atoms with Crippen molar-refractivity contribution in [2.45, 2.75) is 63.7 Å². The zero-order valence-electron chi connectivity index (χ0n) is 33.8. The molecule has 1 aliphatic rings. The van der Waals surface area contributed by atoms with Crippen molar-refractivity contribution in [3.8, 4) is 22.8 Å². The fourth-order valence-corrected chi connectivity index (χ4v) is 8.04. The second-order valence-corrected chi connectivity index (χ2v) is 15.2. The first-order chi connectivity index (χ1) is 28.1. The molecule has 12 nitrogen and oxygen atoms in total. The molecule has 0 spiro atoms. The van der Waals surface area contributed by atoms with Gasteiger partial charge in [0.25, 0.3) is 0 Å². The number of carbonyl (C=O) groups excluding carboxylic acids is 3. The van der Waals surface area contributed by atoms with Crippen LogP contribution in [0.5, 0.6) is 0 Å². The van der Waals surface area contributed by atoms with Gasteiger partial charge in [-0.05, 0) is 94.9 Å². The van der Waals surface area contributed by atoms with Crippen LogP contribution in [0.4, 0.5) is 5.69 Å². The number of benzene rings is 4. The van der Waals surface area contributed by atoms with Crippen molar-refractivity contribution >= 4 is 34.4 Å².